The Kier molecular flexibility index (Phi) is 3.33. The summed E-state index contributed by atoms with van der Waals surface area (Å²) in [6.45, 7) is 7.78. The molecule has 2 rings (SSSR count). The van der Waals surface area contributed by atoms with Gasteiger partial charge in [-0.3, -0.25) is 4.90 Å². The average Bonchev–Trinajstić information content (AvgIpc) is 2.91. The van der Waals surface area contributed by atoms with Gasteiger partial charge in [-0.1, -0.05) is 12.8 Å². The summed E-state index contributed by atoms with van der Waals surface area (Å²) >= 11 is 0. The Hall–Kier alpha value is -0.520. The third kappa shape index (κ3) is 2.35. The van der Waals surface area contributed by atoms with Crippen molar-refractivity contribution < 1.29 is 0 Å². The molecule has 0 bridgehead atoms. The fraction of sp³-hybridized carbons (Fsp3) is 0.846. The van der Waals surface area contributed by atoms with E-state index in [4.69, 9.17) is 6.42 Å². The van der Waals surface area contributed by atoms with E-state index in [1.165, 1.54) is 38.9 Å². The van der Waals surface area contributed by atoms with Gasteiger partial charge in [-0.25, -0.2) is 0 Å². The maximum Gasteiger partial charge on any atom is 0.0598 e. The summed E-state index contributed by atoms with van der Waals surface area (Å²) in [6.07, 6.45) is 9.57. The highest BCUT2D eigenvalue weighted by Gasteiger charge is 2.53. The summed E-state index contributed by atoms with van der Waals surface area (Å²) in [5, 5.41) is 3.45. The highest BCUT2D eigenvalue weighted by atomic mass is 15.1. The molecule has 1 spiro atoms. The van der Waals surface area contributed by atoms with Gasteiger partial charge in [0, 0.05) is 6.54 Å². The molecule has 15 heavy (non-hydrogen) atoms. The maximum atomic E-state index is 5.37. The van der Waals surface area contributed by atoms with Crippen LogP contribution in [0.2, 0.25) is 0 Å². The van der Waals surface area contributed by atoms with Crippen LogP contribution >= 0.6 is 0 Å². The molecule has 1 saturated heterocycles. The topological polar surface area (TPSA) is 15.3 Å². The van der Waals surface area contributed by atoms with E-state index in [0.717, 1.165) is 19.0 Å². The van der Waals surface area contributed by atoms with Gasteiger partial charge in [-0.05, 0) is 50.2 Å². The van der Waals surface area contributed by atoms with Crippen LogP contribution in [0.15, 0.2) is 0 Å². The lowest BCUT2D eigenvalue weighted by Gasteiger charge is -2.25. The van der Waals surface area contributed by atoms with Gasteiger partial charge in [-0.15, -0.1) is 6.42 Å². The normalized spacial score (nSPS) is 27.9. The van der Waals surface area contributed by atoms with Gasteiger partial charge >= 0.3 is 0 Å². The minimum Gasteiger partial charge on any atom is -0.317 e. The fourth-order valence-corrected chi connectivity index (χ4v) is 2.97. The Morgan fingerprint density at radius 3 is 2.80 bits per heavy atom. The van der Waals surface area contributed by atoms with Gasteiger partial charge in [0.05, 0.1) is 6.54 Å². The van der Waals surface area contributed by atoms with E-state index in [1.54, 1.807) is 0 Å². The zero-order chi connectivity index (χ0) is 10.7. The fourth-order valence-electron chi connectivity index (χ4n) is 2.97. The molecule has 0 aromatic heterocycles. The summed E-state index contributed by atoms with van der Waals surface area (Å²) in [5.41, 5.74) is 0.702. The smallest absolute Gasteiger partial charge is 0.0598 e. The van der Waals surface area contributed by atoms with E-state index in [-0.39, 0.29) is 0 Å². The van der Waals surface area contributed by atoms with Crippen LogP contribution in [0.1, 0.15) is 26.2 Å². The Morgan fingerprint density at radius 1 is 1.47 bits per heavy atom. The van der Waals surface area contributed by atoms with Crippen LogP contribution in [0.4, 0.5) is 0 Å². The van der Waals surface area contributed by atoms with Crippen molar-refractivity contribution in [2.24, 2.45) is 11.3 Å². The van der Waals surface area contributed by atoms with Crippen LogP contribution < -0.4 is 5.32 Å². The molecule has 1 N–H and O–H groups in total. The van der Waals surface area contributed by atoms with Gasteiger partial charge in [0.1, 0.15) is 0 Å². The molecule has 1 aliphatic heterocycles. The molecular formula is C13H22N2. The lowest BCUT2D eigenvalue weighted by Crippen LogP contribution is -2.33. The van der Waals surface area contributed by atoms with Gasteiger partial charge < -0.3 is 5.32 Å². The van der Waals surface area contributed by atoms with Crippen molar-refractivity contribution in [1.82, 2.24) is 10.2 Å². The second-order valence-corrected chi connectivity index (χ2v) is 5.05. The molecule has 2 aliphatic rings. The first-order valence-corrected chi connectivity index (χ1v) is 6.17. The predicted molar refractivity (Wildman–Crippen MR) is 63.6 cm³/mol. The molecule has 1 atom stereocenters. The van der Waals surface area contributed by atoms with Crippen molar-refractivity contribution in [3.05, 3.63) is 0 Å². The molecule has 0 amide bonds. The first-order valence-electron chi connectivity index (χ1n) is 6.17. The first kappa shape index (κ1) is 11.0. The van der Waals surface area contributed by atoms with Gasteiger partial charge in [-0.2, -0.15) is 0 Å². The lowest BCUT2D eigenvalue weighted by molar-refractivity contribution is 0.256. The maximum absolute atomic E-state index is 5.37. The molecule has 0 aromatic rings. The summed E-state index contributed by atoms with van der Waals surface area (Å²) in [6, 6.07) is 0. The van der Waals surface area contributed by atoms with Crippen molar-refractivity contribution in [2.75, 3.05) is 32.7 Å². The van der Waals surface area contributed by atoms with Gasteiger partial charge in [0.25, 0.3) is 0 Å². The molecule has 1 aliphatic carbocycles. The monoisotopic (exact) mass is 206 g/mol. The molecule has 84 valence electrons. The predicted octanol–water partition coefficient (Wildman–Crippen LogP) is 1.33. The van der Waals surface area contributed by atoms with Crippen LogP contribution in [0.25, 0.3) is 0 Å². The Morgan fingerprint density at radius 2 is 2.20 bits per heavy atom. The Balaban J connectivity index is 1.80. The third-order valence-corrected chi connectivity index (χ3v) is 4.20. The Bertz CT molecular complexity index is 248. The number of piperidine rings is 1. The molecule has 2 heteroatoms. The zero-order valence-electron chi connectivity index (χ0n) is 9.76. The van der Waals surface area contributed by atoms with E-state index in [1.807, 2.05) is 0 Å². The van der Waals surface area contributed by atoms with E-state index < -0.39 is 0 Å². The average molecular weight is 206 g/mol. The number of nitrogens with zero attached hydrogens (tertiary/aromatic N) is 1. The number of nitrogens with one attached hydrogen (secondary N) is 1. The van der Waals surface area contributed by atoms with Crippen LogP contribution in [0, 0.1) is 23.7 Å². The van der Waals surface area contributed by atoms with Crippen LogP contribution in [-0.4, -0.2) is 37.6 Å². The van der Waals surface area contributed by atoms with E-state index in [2.05, 4.69) is 23.1 Å². The summed E-state index contributed by atoms with van der Waals surface area (Å²) < 4.78 is 0. The lowest BCUT2D eigenvalue weighted by atomic mass is 9.92. The quantitative estimate of drug-likeness (QED) is 0.698. The highest BCUT2D eigenvalue weighted by Crippen LogP contribution is 2.58. The summed E-state index contributed by atoms with van der Waals surface area (Å²) in [5.74, 6) is 3.68. The molecule has 0 aromatic carbocycles. The second kappa shape index (κ2) is 4.55. The van der Waals surface area contributed by atoms with Crippen molar-refractivity contribution >= 4 is 0 Å². The molecular weight excluding hydrogens is 184 g/mol. The van der Waals surface area contributed by atoms with E-state index in [9.17, 15) is 0 Å². The molecule has 0 radical (unpaired) electrons. The number of terminal acetylenes is 1. The van der Waals surface area contributed by atoms with Crippen LogP contribution in [0.3, 0.4) is 0 Å². The number of rotatable bonds is 4. The summed E-state index contributed by atoms with van der Waals surface area (Å²) in [4.78, 5) is 2.40. The first-order chi connectivity index (χ1) is 7.30. The SMILES string of the molecule is C#CCN(CC)CC1CC12CCNCC2. The molecule has 2 nitrogen and oxygen atoms in total. The molecule has 2 fully saturated rings. The van der Waals surface area contributed by atoms with Gasteiger partial charge in [0.15, 0.2) is 0 Å². The third-order valence-electron chi connectivity index (χ3n) is 4.20. The van der Waals surface area contributed by atoms with E-state index in [0.29, 0.717) is 5.41 Å². The second-order valence-electron chi connectivity index (χ2n) is 5.05. The van der Waals surface area contributed by atoms with Crippen LogP contribution in [0.5, 0.6) is 0 Å². The largest absolute Gasteiger partial charge is 0.317 e. The number of hydrogen-bond donors (Lipinski definition) is 1. The zero-order valence-corrected chi connectivity index (χ0v) is 9.76. The van der Waals surface area contributed by atoms with Crippen molar-refractivity contribution in [1.29, 1.82) is 0 Å². The molecule has 1 unspecified atom stereocenters. The minimum atomic E-state index is 0.702. The summed E-state index contributed by atoms with van der Waals surface area (Å²) in [7, 11) is 0. The molecule has 1 saturated carbocycles. The van der Waals surface area contributed by atoms with E-state index >= 15 is 0 Å². The van der Waals surface area contributed by atoms with Gasteiger partial charge in [0.2, 0.25) is 0 Å². The van der Waals surface area contributed by atoms with Crippen molar-refractivity contribution in [3.8, 4) is 12.3 Å². The van der Waals surface area contributed by atoms with Crippen molar-refractivity contribution in [2.45, 2.75) is 26.2 Å². The number of hydrogen-bond acceptors (Lipinski definition) is 2. The minimum absolute atomic E-state index is 0.702. The standard InChI is InChI=1S/C13H22N2/c1-3-9-15(4-2)11-12-10-13(12)5-7-14-8-6-13/h1,12,14H,4-11H2,2H3. The molecule has 1 heterocycles. The van der Waals surface area contributed by atoms with Crippen LogP contribution in [-0.2, 0) is 0 Å². The van der Waals surface area contributed by atoms with Crippen molar-refractivity contribution in [3.63, 3.8) is 0 Å². The Labute approximate surface area is 93.4 Å². The highest BCUT2D eigenvalue weighted by molar-refractivity contribution is 5.05.